The maximum atomic E-state index is 5.18. The molecule has 1 aromatic carbocycles. The lowest BCUT2D eigenvalue weighted by atomic mass is 10.1. The average molecular weight is 282 g/mol. The largest absolute Gasteiger partial charge is 0.497 e. The Hall–Kier alpha value is -2.20. The van der Waals surface area contributed by atoms with E-state index in [2.05, 4.69) is 26.8 Å². The van der Waals surface area contributed by atoms with Crippen LogP contribution in [0.1, 0.15) is 5.82 Å². The minimum absolute atomic E-state index is 0.777. The van der Waals surface area contributed by atoms with Crippen LogP contribution in [-0.4, -0.2) is 17.1 Å². The van der Waals surface area contributed by atoms with E-state index < -0.39 is 0 Å². The first-order chi connectivity index (χ1) is 9.76. The molecule has 100 valence electrons. The molecule has 3 rings (SSSR count). The van der Waals surface area contributed by atoms with Crippen LogP contribution in [0, 0.1) is 6.92 Å². The molecule has 0 aliphatic heterocycles. The predicted molar refractivity (Wildman–Crippen MR) is 82.1 cm³/mol. The van der Waals surface area contributed by atoms with Gasteiger partial charge in [-0.2, -0.15) is 11.3 Å². The number of aryl methyl sites for hydroxylation is 1. The first-order valence-corrected chi connectivity index (χ1v) is 7.23. The Balaban J connectivity index is 2.04. The number of ether oxygens (including phenoxy) is 1. The zero-order valence-corrected chi connectivity index (χ0v) is 12.1. The third kappa shape index (κ3) is 2.56. The summed E-state index contributed by atoms with van der Waals surface area (Å²) in [6, 6.07) is 12.0. The van der Waals surface area contributed by atoms with E-state index in [0.717, 1.165) is 34.1 Å². The highest BCUT2D eigenvalue weighted by Gasteiger charge is 2.07. The molecule has 0 N–H and O–H groups in total. The van der Waals surface area contributed by atoms with Crippen LogP contribution in [0.5, 0.6) is 5.75 Å². The molecule has 0 unspecified atom stereocenters. The Bertz CT molecular complexity index is 706. The van der Waals surface area contributed by atoms with Gasteiger partial charge in [-0.3, -0.25) is 0 Å². The highest BCUT2D eigenvalue weighted by atomic mass is 32.1. The van der Waals surface area contributed by atoms with Crippen LogP contribution in [0.25, 0.3) is 22.5 Å². The van der Waals surface area contributed by atoms with E-state index in [1.807, 2.05) is 37.3 Å². The molecule has 0 aliphatic carbocycles. The van der Waals surface area contributed by atoms with E-state index in [1.54, 1.807) is 18.4 Å². The minimum Gasteiger partial charge on any atom is -0.497 e. The van der Waals surface area contributed by atoms with Crippen molar-refractivity contribution in [3.05, 3.63) is 53.0 Å². The van der Waals surface area contributed by atoms with Gasteiger partial charge in [-0.25, -0.2) is 9.97 Å². The van der Waals surface area contributed by atoms with Crippen molar-refractivity contribution in [3.8, 4) is 28.3 Å². The minimum atomic E-state index is 0.777. The Morgan fingerprint density at radius 2 is 1.65 bits per heavy atom. The SMILES string of the molecule is COc1ccc(-c2cc(-c3ccsc3)nc(C)n2)cc1. The van der Waals surface area contributed by atoms with Gasteiger partial charge >= 0.3 is 0 Å². The van der Waals surface area contributed by atoms with Crippen LogP contribution in [0.2, 0.25) is 0 Å². The van der Waals surface area contributed by atoms with Crippen molar-refractivity contribution in [2.75, 3.05) is 7.11 Å². The molecule has 0 bridgehead atoms. The van der Waals surface area contributed by atoms with E-state index in [9.17, 15) is 0 Å². The van der Waals surface area contributed by atoms with E-state index in [0.29, 0.717) is 0 Å². The Labute approximate surface area is 121 Å². The summed E-state index contributed by atoms with van der Waals surface area (Å²) in [5.74, 6) is 1.62. The third-order valence-electron chi connectivity index (χ3n) is 3.04. The van der Waals surface area contributed by atoms with Gasteiger partial charge in [0.1, 0.15) is 11.6 Å². The van der Waals surface area contributed by atoms with Crippen molar-refractivity contribution in [3.63, 3.8) is 0 Å². The number of methoxy groups -OCH3 is 1. The molecule has 0 saturated heterocycles. The van der Waals surface area contributed by atoms with Gasteiger partial charge in [0.25, 0.3) is 0 Å². The first kappa shape index (κ1) is 12.8. The standard InChI is InChI=1S/C16H14N2OS/c1-11-17-15(12-3-5-14(19-2)6-4-12)9-16(18-11)13-7-8-20-10-13/h3-10H,1-2H3. The summed E-state index contributed by atoms with van der Waals surface area (Å²) in [6.45, 7) is 1.92. The van der Waals surface area contributed by atoms with Crippen LogP contribution < -0.4 is 4.74 Å². The van der Waals surface area contributed by atoms with Gasteiger partial charge in [0.05, 0.1) is 18.5 Å². The number of nitrogens with zero attached hydrogens (tertiary/aromatic N) is 2. The molecule has 0 amide bonds. The smallest absolute Gasteiger partial charge is 0.126 e. The summed E-state index contributed by atoms with van der Waals surface area (Å²) in [7, 11) is 1.67. The Kier molecular flexibility index (Phi) is 3.48. The number of hydrogen-bond acceptors (Lipinski definition) is 4. The average Bonchev–Trinajstić information content (AvgIpc) is 3.01. The fourth-order valence-electron chi connectivity index (χ4n) is 2.04. The monoisotopic (exact) mass is 282 g/mol. The highest BCUT2D eigenvalue weighted by molar-refractivity contribution is 7.08. The lowest BCUT2D eigenvalue weighted by Crippen LogP contribution is -1.94. The maximum Gasteiger partial charge on any atom is 0.126 e. The predicted octanol–water partition coefficient (Wildman–Crippen LogP) is 4.19. The second kappa shape index (κ2) is 5.43. The van der Waals surface area contributed by atoms with Crippen molar-refractivity contribution in [2.45, 2.75) is 6.92 Å². The highest BCUT2D eigenvalue weighted by Crippen LogP contribution is 2.26. The number of rotatable bonds is 3. The van der Waals surface area contributed by atoms with Crippen LogP contribution >= 0.6 is 11.3 Å². The second-order valence-corrected chi connectivity index (χ2v) is 5.21. The van der Waals surface area contributed by atoms with Crippen molar-refractivity contribution in [1.82, 2.24) is 9.97 Å². The van der Waals surface area contributed by atoms with Crippen LogP contribution in [0.3, 0.4) is 0 Å². The molecule has 4 heteroatoms. The Morgan fingerprint density at radius 3 is 2.25 bits per heavy atom. The number of aromatic nitrogens is 2. The first-order valence-electron chi connectivity index (χ1n) is 6.29. The number of hydrogen-bond donors (Lipinski definition) is 0. The summed E-state index contributed by atoms with van der Waals surface area (Å²) in [4.78, 5) is 9.03. The summed E-state index contributed by atoms with van der Waals surface area (Å²) in [5.41, 5.74) is 4.09. The lowest BCUT2D eigenvalue weighted by Gasteiger charge is -2.06. The molecule has 2 heterocycles. The third-order valence-corrected chi connectivity index (χ3v) is 3.72. The van der Waals surface area contributed by atoms with Gasteiger partial charge < -0.3 is 4.74 Å². The molecular weight excluding hydrogens is 268 g/mol. The van der Waals surface area contributed by atoms with Gasteiger partial charge in [-0.15, -0.1) is 0 Å². The zero-order chi connectivity index (χ0) is 13.9. The van der Waals surface area contributed by atoms with Crippen LogP contribution in [0.4, 0.5) is 0 Å². The molecule has 0 fully saturated rings. The molecule has 0 saturated carbocycles. The van der Waals surface area contributed by atoms with Gasteiger partial charge in [0, 0.05) is 16.5 Å². The van der Waals surface area contributed by atoms with Crippen molar-refractivity contribution < 1.29 is 4.74 Å². The fourth-order valence-corrected chi connectivity index (χ4v) is 2.69. The number of thiophene rings is 1. The maximum absolute atomic E-state index is 5.18. The number of benzene rings is 1. The normalized spacial score (nSPS) is 10.5. The van der Waals surface area contributed by atoms with E-state index in [1.165, 1.54) is 0 Å². The molecule has 20 heavy (non-hydrogen) atoms. The summed E-state index contributed by atoms with van der Waals surface area (Å²) < 4.78 is 5.18. The summed E-state index contributed by atoms with van der Waals surface area (Å²) >= 11 is 1.67. The molecule has 0 aliphatic rings. The second-order valence-electron chi connectivity index (χ2n) is 4.43. The lowest BCUT2D eigenvalue weighted by molar-refractivity contribution is 0.415. The van der Waals surface area contributed by atoms with Gasteiger partial charge in [0.15, 0.2) is 0 Å². The Morgan fingerprint density at radius 1 is 0.950 bits per heavy atom. The van der Waals surface area contributed by atoms with E-state index in [-0.39, 0.29) is 0 Å². The van der Waals surface area contributed by atoms with Crippen molar-refractivity contribution in [2.24, 2.45) is 0 Å². The van der Waals surface area contributed by atoms with Crippen LogP contribution in [-0.2, 0) is 0 Å². The van der Waals surface area contributed by atoms with Crippen LogP contribution in [0.15, 0.2) is 47.2 Å². The molecule has 0 atom stereocenters. The van der Waals surface area contributed by atoms with Crippen molar-refractivity contribution in [1.29, 1.82) is 0 Å². The van der Waals surface area contributed by atoms with Crippen molar-refractivity contribution >= 4 is 11.3 Å². The zero-order valence-electron chi connectivity index (χ0n) is 11.3. The molecular formula is C16H14N2OS. The van der Waals surface area contributed by atoms with E-state index >= 15 is 0 Å². The fraction of sp³-hybridized carbons (Fsp3) is 0.125. The molecule has 0 radical (unpaired) electrons. The van der Waals surface area contributed by atoms with Gasteiger partial charge in [-0.05, 0) is 48.7 Å². The molecule has 3 nitrogen and oxygen atoms in total. The van der Waals surface area contributed by atoms with E-state index in [4.69, 9.17) is 4.74 Å². The topological polar surface area (TPSA) is 35.0 Å². The van der Waals surface area contributed by atoms with Gasteiger partial charge in [0.2, 0.25) is 0 Å². The summed E-state index contributed by atoms with van der Waals surface area (Å²) in [6.07, 6.45) is 0. The summed E-state index contributed by atoms with van der Waals surface area (Å²) in [5, 5.41) is 4.15. The molecule has 0 spiro atoms. The molecule has 2 aromatic heterocycles. The quantitative estimate of drug-likeness (QED) is 0.722. The van der Waals surface area contributed by atoms with Gasteiger partial charge in [-0.1, -0.05) is 0 Å². The molecule has 3 aromatic rings.